The third-order valence-corrected chi connectivity index (χ3v) is 4.58. The normalized spacial score (nSPS) is 10.3. The molecule has 1 aromatic heterocycles. The van der Waals surface area contributed by atoms with Crippen LogP contribution in [0.25, 0.3) is 0 Å². The number of hydrogen-bond donors (Lipinski definition) is 1. The first-order valence-electron chi connectivity index (χ1n) is 9.39. The zero-order valence-electron chi connectivity index (χ0n) is 17.1. The van der Waals surface area contributed by atoms with Crippen LogP contribution in [-0.2, 0) is 0 Å². The molecule has 0 radical (unpaired) electrons. The minimum Gasteiger partial charge on any atom is -0.497 e. The highest BCUT2D eigenvalue weighted by Crippen LogP contribution is 2.30. The molecule has 0 unspecified atom stereocenters. The quantitative estimate of drug-likeness (QED) is 0.626. The molecule has 3 rings (SSSR count). The molecule has 0 aliphatic rings. The Morgan fingerprint density at radius 1 is 1.03 bits per heavy atom. The van der Waals surface area contributed by atoms with Crippen molar-refractivity contribution < 1.29 is 14.3 Å². The molecule has 150 valence electrons. The first kappa shape index (κ1) is 20.2. The fourth-order valence-electron chi connectivity index (χ4n) is 3.08. The number of rotatable bonds is 7. The number of benzene rings is 2. The van der Waals surface area contributed by atoms with E-state index in [-0.39, 0.29) is 5.91 Å². The molecular weight excluding hydrogens is 366 g/mol. The van der Waals surface area contributed by atoms with Gasteiger partial charge in [-0.25, -0.2) is 4.98 Å². The maximum absolute atomic E-state index is 12.6. The predicted octanol–water partition coefficient (Wildman–Crippen LogP) is 4.82. The maximum Gasteiger partial charge on any atom is 0.274 e. The largest absolute Gasteiger partial charge is 0.497 e. The molecule has 0 bridgehead atoms. The number of ether oxygens (including phenoxy) is 2. The van der Waals surface area contributed by atoms with Crippen LogP contribution in [0.4, 0.5) is 17.1 Å². The van der Waals surface area contributed by atoms with Crippen LogP contribution in [0.15, 0.2) is 60.8 Å². The van der Waals surface area contributed by atoms with Gasteiger partial charge in [-0.3, -0.25) is 4.79 Å². The molecule has 0 saturated carbocycles. The highest BCUT2D eigenvalue weighted by Gasteiger charge is 2.14. The van der Waals surface area contributed by atoms with E-state index in [1.165, 1.54) is 5.56 Å². The van der Waals surface area contributed by atoms with Gasteiger partial charge in [-0.2, -0.15) is 0 Å². The van der Waals surface area contributed by atoms with Crippen LogP contribution in [0.5, 0.6) is 11.5 Å². The number of nitrogens with one attached hydrogen (secondary N) is 1. The summed E-state index contributed by atoms with van der Waals surface area (Å²) >= 11 is 0. The molecule has 29 heavy (non-hydrogen) atoms. The van der Waals surface area contributed by atoms with Gasteiger partial charge in [0.15, 0.2) is 0 Å². The summed E-state index contributed by atoms with van der Waals surface area (Å²) in [5.41, 5.74) is 4.09. The number of carbonyl (C=O) groups is 1. The molecule has 1 amide bonds. The van der Waals surface area contributed by atoms with Crippen molar-refractivity contribution in [2.24, 2.45) is 0 Å². The first-order chi connectivity index (χ1) is 14.0. The van der Waals surface area contributed by atoms with Gasteiger partial charge < -0.3 is 19.7 Å². The number of aryl methyl sites for hydroxylation is 1. The lowest BCUT2D eigenvalue weighted by molar-refractivity contribution is 0.102. The maximum atomic E-state index is 12.6. The van der Waals surface area contributed by atoms with Crippen molar-refractivity contribution in [3.05, 3.63) is 72.1 Å². The molecule has 1 N–H and O–H groups in total. The second kappa shape index (κ2) is 9.10. The van der Waals surface area contributed by atoms with Crippen LogP contribution in [0.3, 0.4) is 0 Å². The molecule has 0 aliphatic carbocycles. The molecule has 0 atom stereocenters. The number of pyridine rings is 1. The molecule has 2 aromatic carbocycles. The number of amides is 1. The Morgan fingerprint density at radius 3 is 2.48 bits per heavy atom. The Kier molecular flexibility index (Phi) is 6.34. The van der Waals surface area contributed by atoms with Gasteiger partial charge in [-0.1, -0.05) is 12.1 Å². The summed E-state index contributed by atoms with van der Waals surface area (Å²) < 4.78 is 10.5. The number of methoxy groups -OCH3 is 2. The molecule has 6 nitrogen and oxygen atoms in total. The third kappa shape index (κ3) is 4.66. The lowest BCUT2D eigenvalue weighted by Gasteiger charge is -2.23. The van der Waals surface area contributed by atoms with E-state index in [1.54, 1.807) is 44.7 Å². The monoisotopic (exact) mass is 391 g/mol. The Bertz CT molecular complexity index is 987. The van der Waals surface area contributed by atoms with Gasteiger partial charge in [-0.05, 0) is 55.8 Å². The third-order valence-electron chi connectivity index (χ3n) is 4.58. The van der Waals surface area contributed by atoms with Crippen molar-refractivity contribution in [2.45, 2.75) is 13.8 Å². The van der Waals surface area contributed by atoms with E-state index in [1.807, 2.05) is 12.1 Å². The van der Waals surface area contributed by atoms with Crippen LogP contribution in [0.2, 0.25) is 0 Å². The molecular formula is C23H25N3O3. The summed E-state index contributed by atoms with van der Waals surface area (Å²) in [5, 5.41) is 2.84. The van der Waals surface area contributed by atoms with Crippen LogP contribution in [-0.4, -0.2) is 31.7 Å². The number of nitrogens with zero attached hydrogens (tertiary/aromatic N) is 2. The van der Waals surface area contributed by atoms with E-state index >= 15 is 0 Å². The summed E-state index contributed by atoms with van der Waals surface area (Å²) in [6.45, 7) is 4.94. The van der Waals surface area contributed by atoms with E-state index in [4.69, 9.17) is 9.47 Å². The summed E-state index contributed by atoms with van der Waals surface area (Å²) in [4.78, 5) is 19.1. The van der Waals surface area contributed by atoms with Crippen LogP contribution in [0, 0.1) is 6.92 Å². The number of anilines is 3. The molecule has 0 spiro atoms. The molecule has 1 heterocycles. The van der Waals surface area contributed by atoms with Gasteiger partial charge in [0, 0.05) is 18.3 Å². The van der Waals surface area contributed by atoms with Gasteiger partial charge in [-0.15, -0.1) is 0 Å². The Balaban J connectivity index is 1.78. The Hall–Kier alpha value is -3.54. The fraction of sp³-hybridized carbons (Fsp3) is 0.217. The number of aromatic nitrogens is 1. The van der Waals surface area contributed by atoms with Crippen molar-refractivity contribution in [2.75, 3.05) is 31.0 Å². The summed E-state index contributed by atoms with van der Waals surface area (Å²) in [6, 6.07) is 17.1. The summed E-state index contributed by atoms with van der Waals surface area (Å²) in [7, 11) is 3.12. The van der Waals surface area contributed by atoms with Gasteiger partial charge in [0.05, 0.1) is 31.8 Å². The number of carbonyl (C=O) groups excluding carboxylic acids is 1. The lowest BCUT2D eigenvalue weighted by Crippen LogP contribution is -2.18. The molecule has 0 fully saturated rings. The second-order valence-corrected chi connectivity index (χ2v) is 6.51. The zero-order valence-corrected chi connectivity index (χ0v) is 17.1. The molecule has 0 aliphatic heterocycles. The van der Waals surface area contributed by atoms with Gasteiger partial charge in [0.1, 0.15) is 17.2 Å². The molecule has 0 saturated heterocycles. The first-order valence-corrected chi connectivity index (χ1v) is 9.39. The zero-order chi connectivity index (χ0) is 20.8. The van der Waals surface area contributed by atoms with Crippen LogP contribution in [0.1, 0.15) is 23.0 Å². The van der Waals surface area contributed by atoms with Gasteiger partial charge in [0.25, 0.3) is 5.91 Å². The predicted molar refractivity (Wildman–Crippen MR) is 116 cm³/mol. The van der Waals surface area contributed by atoms with E-state index in [0.29, 0.717) is 22.9 Å². The van der Waals surface area contributed by atoms with Gasteiger partial charge >= 0.3 is 0 Å². The van der Waals surface area contributed by atoms with E-state index in [2.05, 4.69) is 47.2 Å². The average Bonchev–Trinajstić information content (AvgIpc) is 2.75. The average molecular weight is 391 g/mol. The summed E-state index contributed by atoms with van der Waals surface area (Å²) in [6.07, 6.45) is 1.71. The van der Waals surface area contributed by atoms with E-state index in [9.17, 15) is 4.79 Å². The van der Waals surface area contributed by atoms with Crippen molar-refractivity contribution in [3.8, 4) is 11.5 Å². The van der Waals surface area contributed by atoms with Crippen LogP contribution < -0.4 is 19.7 Å². The van der Waals surface area contributed by atoms with Gasteiger partial charge in [0.2, 0.25) is 0 Å². The fourth-order valence-corrected chi connectivity index (χ4v) is 3.08. The minimum absolute atomic E-state index is 0.307. The lowest BCUT2D eigenvalue weighted by atomic mass is 10.2. The van der Waals surface area contributed by atoms with E-state index < -0.39 is 0 Å². The minimum atomic E-state index is -0.307. The Morgan fingerprint density at radius 2 is 1.86 bits per heavy atom. The van der Waals surface area contributed by atoms with Crippen LogP contribution >= 0.6 is 0 Å². The standard InChI is InChI=1S/C23H25N3O3/c1-5-26(17-8-6-7-16(2)13-17)18-9-11-21(24-15-18)23(27)25-20-12-10-19(28-3)14-22(20)29-4/h6-15H,5H2,1-4H3,(H,25,27). The second-order valence-electron chi connectivity index (χ2n) is 6.51. The SMILES string of the molecule is CCN(c1ccc(C(=O)Nc2ccc(OC)cc2OC)nc1)c1cccc(C)c1. The number of hydrogen-bond acceptors (Lipinski definition) is 5. The summed E-state index contributed by atoms with van der Waals surface area (Å²) in [5.74, 6) is 0.864. The van der Waals surface area contributed by atoms with Crippen molar-refractivity contribution in [1.29, 1.82) is 0 Å². The Labute approximate surface area is 171 Å². The topological polar surface area (TPSA) is 63.7 Å². The molecule has 6 heteroatoms. The smallest absolute Gasteiger partial charge is 0.274 e. The van der Waals surface area contributed by atoms with Crippen molar-refractivity contribution >= 4 is 23.0 Å². The molecule has 3 aromatic rings. The van der Waals surface area contributed by atoms with Crippen molar-refractivity contribution in [1.82, 2.24) is 4.98 Å². The highest BCUT2D eigenvalue weighted by atomic mass is 16.5. The highest BCUT2D eigenvalue weighted by molar-refractivity contribution is 6.03. The van der Waals surface area contributed by atoms with Crippen molar-refractivity contribution in [3.63, 3.8) is 0 Å². The van der Waals surface area contributed by atoms with E-state index in [0.717, 1.165) is 17.9 Å².